The van der Waals surface area contributed by atoms with Crippen LogP contribution in [0.4, 0.5) is 13.2 Å². The molecule has 0 unspecified atom stereocenters. The molecule has 0 heterocycles. The highest BCUT2D eigenvalue weighted by Crippen LogP contribution is 2.38. The van der Waals surface area contributed by atoms with Crippen LogP contribution in [0.3, 0.4) is 0 Å². The first kappa shape index (κ1) is 27.0. The molecule has 1 aromatic rings. The number of hydrogen-bond acceptors (Lipinski definition) is 4. The monoisotopic (exact) mass is 427 g/mol. The number of halogens is 4. The molecule has 0 fully saturated rings. The van der Waals surface area contributed by atoms with Crippen molar-refractivity contribution >= 4 is 12.4 Å². The van der Waals surface area contributed by atoms with E-state index in [0.717, 1.165) is 31.7 Å². The van der Waals surface area contributed by atoms with Crippen molar-refractivity contribution in [3.8, 4) is 5.75 Å². The van der Waals surface area contributed by atoms with Gasteiger partial charge in [0.2, 0.25) is 0 Å². The zero-order chi connectivity index (χ0) is 20.5. The van der Waals surface area contributed by atoms with E-state index in [4.69, 9.17) is 10.5 Å². The molecule has 164 valence electrons. The molecule has 0 radical (unpaired) electrons. The highest BCUT2D eigenvalue weighted by Gasteiger charge is 2.35. The molecule has 28 heavy (non-hydrogen) atoms. The van der Waals surface area contributed by atoms with Crippen molar-refractivity contribution in [2.45, 2.75) is 76.6 Å². The van der Waals surface area contributed by atoms with Crippen LogP contribution in [0.1, 0.15) is 63.5 Å². The van der Waals surface area contributed by atoms with Gasteiger partial charge < -0.3 is 20.7 Å². The number of rotatable bonds is 12. The molecule has 1 rings (SSSR count). The molecule has 1 atom stereocenters. The van der Waals surface area contributed by atoms with E-state index in [9.17, 15) is 23.4 Å². The lowest BCUT2D eigenvalue weighted by atomic mass is 9.93. The summed E-state index contributed by atoms with van der Waals surface area (Å²) in [6, 6.07) is 3.98. The van der Waals surface area contributed by atoms with E-state index >= 15 is 0 Å². The van der Waals surface area contributed by atoms with E-state index in [-0.39, 0.29) is 37.1 Å². The molecule has 4 N–H and O–H groups in total. The van der Waals surface area contributed by atoms with Gasteiger partial charge in [-0.25, -0.2) is 0 Å². The van der Waals surface area contributed by atoms with Crippen molar-refractivity contribution < 1.29 is 28.1 Å². The third-order valence-electron chi connectivity index (χ3n) is 4.68. The molecule has 0 aliphatic heterocycles. The van der Waals surface area contributed by atoms with Gasteiger partial charge in [0.15, 0.2) is 0 Å². The van der Waals surface area contributed by atoms with Gasteiger partial charge in [0.25, 0.3) is 0 Å². The number of unbranched alkanes of at least 4 members (excludes halogenated alkanes) is 3. The van der Waals surface area contributed by atoms with E-state index in [1.807, 2.05) is 0 Å². The molecule has 0 saturated carbocycles. The second kappa shape index (κ2) is 12.5. The molecular weight excluding hydrogens is 395 g/mol. The van der Waals surface area contributed by atoms with Crippen LogP contribution < -0.4 is 10.5 Å². The van der Waals surface area contributed by atoms with Crippen LogP contribution >= 0.6 is 12.4 Å². The molecule has 0 aromatic heterocycles. The van der Waals surface area contributed by atoms with E-state index in [1.54, 1.807) is 13.0 Å². The zero-order valence-corrected chi connectivity index (χ0v) is 17.4. The molecule has 0 saturated heterocycles. The average Bonchev–Trinajstić information content (AvgIpc) is 2.63. The van der Waals surface area contributed by atoms with Gasteiger partial charge in [-0.1, -0.05) is 32.3 Å². The summed E-state index contributed by atoms with van der Waals surface area (Å²) in [6.07, 6.45) is 0.461. The summed E-state index contributed by atoms with van der Waals surface area (Å²) in [5.41, 5.74) is 4.20. The van der Waals surface area contributed by atoms with E-state index < -0.39 is 30.5 Å². The lowest BCUT2D eigenvalue weighted by Gasteiger charge is -2.25. The molecule has 0 amide bonds. The molecule has 8 heteroatoms. The topological polar surface area (TPSA) is 75.7 Å². The number of alkyl halides is 3. The Hall–Kier alpha value is -1.02. The lowest BCUT2D eigenvalue weighted by Crippen LogP contribution is -2.47. The summed E-state index contributed by atoms with van der Waals surface area (Å²) in [5.74, 6) is -0.169. The quantitative estimate of drug-likeness (QED) is 0.430. The Kier molecular flexibility index (Phi) is 12.1. The van der Waals surface area contributed by atoms with Gasteiger partial charge >= 0.3 is 6.18 Å². The average molecular weight is 428 g/mol. The predicted octanol–water partition coefficient (Wildman–Crippen LogP) is 4.48. The summed E-state index contributed by atoms with van der Waals surface area (Å²) in [6.45, 7) is 3.01. The Morgan fingerprint density at radius 3 is 2.29 bits per heavy atom. The van der Waals surface area contributed by atoms with Crippen molar-refractivity contribution in [3.63, 3.8) is 0 Å². The molecule has 0 spiro atoms. The normalized spacial score (nSPS) is 13.1. The van der Waals surface area contributed by atoms with Gasteiger partial charge in [0.1, 0.15) is 5.75 Å². The Balaban J connectivity index is 0.00000729. The third-order valence-corrected chi connectivity index (χ3v) is 4.68. The fraction of sp³-hybridized carbons (Fsp3) is 0.700. The van der Waals surface area contributed by atoms with Gasteiger partial charge in [-0.15, -0.1) is 12.4 Å². The van der Waals surface area contributed by atoms with Crippen LogP contribution in [0.2, 0.25) is 0 Å². The van der Waals surface area contributed by atoms with Crippen molar-refractivity contribution in [2.75, 3.05) is 13.2 Å². The first-order valence-corrected chi connectivity index (χ1v) is 9.52. The van der Waals surface area contributed by atoms with Crippen LogP contribution in [-0.4, -0.2) is 35.1 Å². The van der Waals surface area contributed by atoms with Crippen molar-refractivity contribution in [1.29, 1.82) is 0 Å². The minimum Gasteiger partial charge on any atom is -0.490 e. The second-order valence-electron chi connectivity index (χ2n) is 7.28. The van der Waals surface area contributed by atoms with E-state index in [2.05, 4.69) is 6.92 Å². The Morgan fingerprint density at radius 2 is 1.75 bits per heavy atom. The minimum atomic E-state index is -4.53. The van der Waals surface area contributed by atoms with Crippen LogP contribution in [-0.2, 0) is 12.6 Å². The van der Waals surface area contributed by atoms with Gasteiger partial charge in [-0.2, -0.15) is 13.2 Å². The third kappa shape index (κ3) is 8.99. The maximum Gasteiger partial charge on any atom is 0.419 e. The van der Waals surface area contributed by atoms with Crippen molar-refractivity contribution in [2.24, 2.45) is 5.73 Å². The molecule has 1 aromatic carbocycles. The fourth-order valence-electron chi connectivity index (χ4n) is 2.79. The first-order chi connectivity index (χ1) is 12.6. The molecular formula is C20H33ClF3NO3. The zero-order valence-electron chi connectivity index (χ0n) is 16.6. The predicted molar refractivity (Wildman–Crippen MR) is 107 cm³/mol. The fourth-order valence-corrected chi connectivity index (χ4v) is 2.79. The number of benzene rings is 1. The summed E-state index contributed by atoms with van der Waals surface area (Å²) in [5, 5.41) is 18.4. The first-order valence-electron chi connectivity index (χ1n) is 9.52. The SMILES string of the molecule is CCCCCC[C@H](C)Oc1ccc(CCC(N)(CO)CO)cc1C(F)(F)F.Cl. The summed E-state index contributed by atoms with van der Waals surface area (Å²) >= 11 is 0. The summed E-state index contributed by atoms with van der Waals surface area (Å²) in [7, 11) is 0. The number of aliphatic hydroxyl groups is 2. The summed E-state index contributed by atoms with van der Waals surface area (Å²) < 4.78 is 45.9. The standard InChI is InChI=1S/C20H32F3NO3.ClH/c1-3-4-5-6-7-15(2)27-18-9-8-16(12-17(18)20(21,22)23)10-11-19(24,13-25)14-26;/h8-9,12,15,25-26H,3-7,10-11,13-14,24H2,1-2H3;1H/t15-;/m0./s1. The van der Waals surface area contributed by atoms with Crippen LogP contribution in [0.5, 0.6) is 5.75 Å². The van der Waals surface area contributed by atoms with Gasteiger partial charge in [-0.05, 0) is 50.3 Å². The maximum atomic E-state index is 13.5. The highest BCUT2D eigenvalue weighted by atomic mass is 35.5. The van der Waals surface area contributed by atoms with Gasteiger partial charge in [0.05, 0.1) is 30.4 Å². The molecule has 0 aliphatic carbocycles. The molecule has 0 aliphatic rings. The highest BCUT2D eigenvalue weighted by molar-refractivity contribution is 5.85. The van der Waals surface area contributed by atoms with Gasteiger partial charge in [0, 0.05) is 0 Å². The largest absolute Gasteiger partial charge is 0.490 e. The number of aryl methyl sites for hydroxylation is 1. The van der Waals surface area contributed by atoms with Crippen LogP contribution in [0, 0.1) is 0 Å². The second-order valence-corrected chi connectivity index (χ2v) is 7.28. The Labute approximate surface area is 171 Å². The van der Waals surface area contributed by atoms with E-state index in [0.29, 0.717) is 12.0 Å². The van der Waals surface area contributed by atoms with Crippen molar-refractivity contribution in [3.05, 3.63) is 29.3 Å². The minimum absolute atomic E-state index is 0. The smallest absolute Gasteiger partial charge is 0.419 e. The number of aliphatic hydroxyl groups excluding tert-OH is 2. The van der Waals surface area contributed by atoms with Crippen LogP contribution in [0.15, 0.2) is 18.2 Å². The Morgan fingerprint density at radius 1 is 1.11 bits per heavy atom. The summed E-state index contributed by atoms with van der Waals surface area (Å²) in [4.78, 5) is 0. The number of nitrogens with two attached hydrogens (primary N) is 1. The number of hydrogen-bond donors (Lipinski definition) is 3. The van der Waals surface area contributed by atoms with Crippen molar-refractivity contribution in [1.82, 2.24) is 0 Å². The maximum absolute atomic E-state index is 13.5. The Bertz CT molecular complexity index is 566. The van der Waals surface area contributed by atoms with Gasteiger partial charge in [-0.3, -0.25) is 0 Å². The van der Waals surface area contributed by atoms with Crippen LogP contribution in [0.25, 0.3) is 0 Å². The lowest BCUT2D eigenvalue weighted by molar-refractivity contribution is -0.139. The molecule has 4 nitrogen and oxygen atoms in total. The number of ether oxygens (including phenoxy) is 1. The van der Waals surface area contributed by atoms with E-state index in [1.165, 1.54) is 6.07 Å². The molecule has 0 bridgehead atoms.